The Labute approximate surface area is 193 Å². The van der Waals surface area contributed by atoms with Gasteiger partial charge < -0.3 is 10.1 Å². The highest BCUT2D eigenvalue weighted by atomic mass is 35.5. The van der Waals surface area contributed by atoms with Crippen LogP contribution >= 0.6 is 11.6 Å². The van der Waals surface area contributed by atoms with Gasteiger partial charge in [-0.3, -0.25) is 9.10 Å². The maximum absolute atomic E-state index is 13.1. The van der Waals surface area contributed by atoms with E-state index >= 15 is 0 Å². The van der Waals surface area contributed by atoms with E-state index in [2.05, 4.69) is 5.32 Å². The van der Waals surface area contributed by atoms with E-state index in [4.69, 9.17) is 16.3 Å². The lowest BCUT2D eigenvalue weighted by Crippen LogP contribution is -2.45. The van der Waals surface area contributed by atoms with Crippen LogP contribution in [0, 0.1) is 13.8 Å². The molecule has 1 amide bonds. The molecule has 32 heavy (non-hydrogen) atoms. The fraction of sp³-hybridized carbons (Fsp3) is 0.208. The van der Waals surface area contributed by atoms with Crippen molar-refractivity contribution in [2.45, 2.75) is 26.8 Å². The minimum absolute atomic E-state index is 0.340. The lowest BCUT2D eigenvalue weighted by Gasteiger charge is -2.29. The van der Waals surface area contributed by atoms with Crippen LogP contribution in [0.15, 0.2) is 66.7 Å². The van der Waals surface area contributed by atoms with Crippen LogP contribution in [-0.2, 0) is 14.8 Å². The molecule has 3 aromatic carbocycles. The SMILES string of the molecule is Cc1cc(C)cc(N([C@H](C)C(=O)Nc2cc(Cl)ccc2Oc2ccccc2)S(C)(=O)=O)c1. The number of para-hydroxylation sites is 1. The highest BCUT2D eigenvalue weighted by molar-refractivity contribution is 7.92. The summed E-state index contributed by atoms with van der Waals surface area (Å²) >= 11 is 6.14. The van der Waals surface area contributed by atoms with Gasteiger partial charge in [0.05, 0.1) is 17.6 Å². The number of anilines is 2. The van der Waals surface area contributed by atoms with Gasteiger partial charge in [-0.05, 0) is 74.4 Å². The zero-order chi connectivity index (χ0) is 23.5. The molecule has 8 heteroatoms. The molecule has 3 rings (SSSR count). The van der Waals surface area contributed by atoms with E-state index < -0.39 is 22.0 Å². The number of nitrogens with one attached hydrogen (secondary N) is 1. The molecule has 168 valence electrons. The van der Waals surface area contributed by atoms with Crippen molar-refractivity contribution >= 4 is 38.9 Å². The molecule has 0 aliphatic rings. The van der Waals surface area contributed by atoms with Crippen LogP contribution < -0.4 is 14.4 Å². The van der Waals surface area contributed by atoms with E-state index in [-0.39, 0.29) is 0 Å². The number of ether oxygens (including phenoxy) is 1. The Kier molecular flexibility index (Phi) is 7.11. The summed E-state index contributed by atoms with van der Waals surface area (Å²) in [5, 5.41) is 3.17. The quantitative estimate of drug-likeness (QED) is 0.489. The molecule has 0 spiro atoms. The van der Waals surface area contributed by atoms with Gasteiger partial charge in [0.25, 0.3) is 0 Å². The predicted molar refractivity (Wildman–Crippen MR) is 129 cm³/mol. The average Bonchev–Trinajstić information content (AvgIpc) is 2.69. The number of carbonyl (C=O) groups excluding carboxylic acids is 1. The topological polar surface area (TPSA) is 75.7 Å². The normalized spacial score (nSPS) is 12.2. The number of carbonyl (C=O) groups is 1. The number of hydrogen-bond donors (Lipinski definition) is 1. The number of hydrogen-bond acceptors (Lipinski definition) is 4. The Morgan fingerprint density at radius 2 is 1.62 bits per heavy atom. The fourth-order valence-electron chi connectivity index (χ4n) is 3.43. The van der Waals surface area contributed by atoms with Crippen LogP contribution in [-0.4, -0.2) is 26.6 Å². The van der Waals surface area contributed by atoms with Crippen LogP contribution in [0.1, 0.15) is 18.1 Å². The molecule has 1 N–H and O–H groups in total. The van der Waals surface area contributed by atoms with E-state index in [1.54, 1.807) is 42.5 Å². The number of sulfonamides is 1. The summed E-state index contributed by atoms with van der Waals surface area (Å²) in [7, 11) is -3.74. The number of nitrogens with zero attached hydrogens (tertiary/aromatic N) is 1. The Balaban J connectivity index is 1.92. The molecular weight excluding hydrogens is 448 g/mol. The number of amides is 1. The summed E-state index contributed by atoms with van der Waals surface area (Å²) < 4.78 is 32.2. The van der Waals surface area contributed by atoms with E-state index in [1.807, 2.05) is 38.1 Å². The van der Waals surface area contributed by atoms with Crippen molar-refractivity contribution in [2.24, 2.45) is 0 Å². The highest BCUT2D eigenvalue weighted by Crippen LogP contribution is 2.33. The number of aryl methyl sites for hydroxylation is 2. The zero-order valence-corrected chi connectivity index (χ0v) is 19.9. The first-order valence-electron chi connectivity index (χ1n) is 9.95. The van der Waals surface area contributed by atoms with E-state index in [9.17, 15) is 13.2 Å². The molecule has 0 fully saturated rings. The standard InChI is InChI=1S/C24H25ClN2O4S/c1-16-12-17(2)14-20(13-16)27(32(4,29)30)18(3)24(28)26-22-15-19(25)10-11-23(22)31-21-8-6-5-7-9-21/h5-15,18H,1-4H3,(H,26,28)/t18-/m1/s1. The van der Waals surface area contributed by atoms with Crippen LogP contribution in [0.2, 0.25) is 5.02 Å². The summed E-state index contributed by atoms with van der Waals surface area (Å²) in [5.74, 6) is 0.458. The molecule has 0 heterocycles. The van der Waals surface area contributed by atoms with E-state index in [1.165, 1.54) is 6.92 Å². The zero-order valence-electron chi connectivity index (χ0n) is 18.3. The molecule has 3 aromatic rings. The smallest absolute Gasteiger partial charge is 0.248 e. The van der Waals surface area contributed by atoms with Gasteiger partial charge in [0, 0.05) is 5.02 Å². The van der Waals surface area contributed by atoms with E-state index in [0.717, 1.165) is 21.7 Å². The summed E-state index contributed by atoms with van der Waals surface area (Å²) in [6.45, 7) is 5.29. The minimum Gasteiger partial charge on any atom is -0.455 e. The van der Waals surface area contributed by atoms with Crippen molar-refractivity contribution in [1.29, 1.82) is 0 Å². The van der Waals surface area contributed by atoms with Crippen molar-refractivity contribution in [2.75, 3.05) is 15.9 Å². The third-order valence-electron chi connectivity index (χ3n) is 4.72. The molecule has 0 aromatic heterocycles. The number of halogens is 1. The van der Waals surface area contributed by atoms with Gasteiger partial charge in [-0.2, -0.15) is 0 Å². The Morgan fingerprint density at radius 1 is 1.00 bits per heavy atom. The van der Waals surface area contributed by atoms with Crippen LogP contribution in [0.5, 0.6) is 11.5 Å². The number of rotatable bonds is 7. The van der Waals surface area contributed by atoms with E-state index in [0.29, 0.717) is 27.9 Å². The Morgan fingerprint density at radius 3 is 2.22 bits per heavy atom. The van der Waals surface area contributed by atoms with Gasteiger partial charge in [0.15, 0.2) is 5.75 Å². The van der Waals surface area contributed by atoms with Crippen LogP contribution in [0.4, 0.5) is 11.4 Å². The molecule has 0 bridgehead atoms. The first kappa shape index (κ1) is 23.6. The summed E-state index contributed by atoms with van der Waals surface area (Å²) in [6.07, 6.45) is 1.08. The lowest BCUT2D eigenvalue weighted by atomic mass is 10.1. The third kappa shape index (κ3) is 5.81. The fourth-order valence-corrected chi connectivity index (χ4v) is 4.76. The highest BCUT2D eigenvalue weighted by Gasteiger charge is 2.30. The van der Waals surface area contributed by atoms with Crippen LogP contribution in [0.25, 0.3) is 0 Å². The second kappa shape index (κ2) is 9.63. The third-order valence-corrected chi connectivity index (χ3v) is 6.20. The van der Waals surface area contributed by atoms with Crippen molar-refractivity contribution in [3.8, 4) is 11.5 Å². The first-order valence-corrected chi connectivity index (χ1v) is 12.2. The maximum Gasteiger partial charge on any atom is 0.248 e. The summed E-state index contributed by atoms with van der Waals surface area (Å²) in [5.41, 5.74) is 2.57. The van der Waals surface area contributed by atoms with Crippen molar-refractivity contribution in [3.05, 3.63) is 82.9 Å². The van der Waals surface area contributed by atoms with Gasteiger partial charge in [-0.15, -0.1) is 0 Å². The van der Waals surface area contributed by atoms with Gasteiger partial charge in [0.2, 0.25) is 15.9 Å². The first-order chi connectivity index (χ1) is 15.0. The van der Waals surface area contributed by atoms with Gasteiger partial charge in [-0.1, -0.05) is 35.9 Å². The lowest BCUT2D eigenvalue weighted by molar-refractivity contribution is -0.116. The molecule has 1 atom stereocenters. The average molecular weight is 473 g/mol. The molecule has 6 nitrogen and oxygen atoms in total. The minimum atomic E-state index is -3.74. The predicted octanol–water partition coefficient (Wildman–Crippen LogP) is 5.54. The molecule has 0 aliphatic heterocycles. The van der Waals surface area contributed by atoms with Gasteiger partial charge in [0.1, 0.15) is 11.8 Å². The summed E-state index contributed by atoms with van der Waals surface area (Å²) in [6, 6.07) is 18.4. The summed E-state index contributed by atoms with van der Waals surface area (Å²) in [4.78, 5) is 13.1. The molecule has 0 aliphatic carbocycles. The second-order valence-corrected chi connectivity index (χ2v) is 9.92. The van der Waals surface area contributed by atoms with Crippen molar-refractivity contribution < 1.29 is 17.9 Å². The molecule has 0 unspecified atom stereocenters. The Hall–Kier alpha value is -3.03. The van der Waals surface area contributed by atoms with Crippen molar-refractivity contribution in [1.82, 2.24) is 0 Å². The molecular formula is C24H25ClN2O4S. The van der Waals surface area contributed by atoms with Crippen LogP contribution in [0.3, 0.4) is 0 Å². The molecule has 0 saturated heterocycles. The van der Waals surface area contributed by atoms with Crippen molar-refractivity contribution in [3.63, 3.8) is 0 Å². The largest absolute Gasteiger partial charge is 0.455 e. The second-order valence-electron chi connectivity index (χ2n) is 7.63. The van der Waals surface area contributed by atoms with Gasteiger partial charge >= 0.3 is 0 Å². The Bertz CT molecular complexity index is 1210. The maximum atomic E-state index is 13.1. The molecule has 0 radical (unpaired) electrons. The number of benzene rings is 3. The molecule has 0 saturated carbocycles. The van der Waals surface area contributed by atoms with Gasteiger partial charge in [-0.25, -0.2) is 8.42 Å². The monoisotopic (exact) mass is 472 g/mol.